The third-order valence-corrected chi connectivity index (χ3v) is 2.64. The number of hydrogen-bond donors (Lipinski definition) is 0. The van der Waals surface area contributed by atoms with Crippen molar-refractivity contribution in [2.75, 3.05) is 13.0 Å². The summed E-state index contributed by atoms with van der Waals surface area (Å²) in [7, 11) is 1.66. The first-order valence-corrected chi connectivity index (χ1v) is 5.34. The van der Waals surface area contributed by atoms with E-state index in [2.05, 4.69) is 11.1 Å². The van der Waals surface area contributed by atoms with Crippen LogP contribution >= 0.6 is 11.6 Å². The predicted molar refractivity (Wildman–Crippen MR) is 63.0 cm³/mol. The van der Waals surface area contributed by atoms with Gasteiger partial charge >= 0.3 is 0 Å². The Morgan fingerprint density at radius 1 is 1.33 bits per heavy atom. The molecule has 0 radical (unpaired) electrons. The van der Waals surface area contributed by atoms with E-state index in [0.717, 1.165) is 29.1 Å². The van der Waals surface area contributed by atoms with Crippen molar-refractivity contribution in [1.29, 1.82) is 0 Å². The van der Waals surface area contributed by atoms with E-state index in [9.17, 15) is 0 Å². The summed E-state index contributed by atoms with van der Waals surface area (Å²) in [5, 5.41) is 0. The standard InChI is InChI=1S/C12H12ClNO/c1-15-11-5-2-9(3-6-11)12-7-4-10(8-13)14-12/h2-6H,7-8H2,1H3. The molecule has 1 aliphatic heterocycles. The van der Waals surface area contributed by atoms with Gasteiger partial charge in [-0.1, -0.05) is 6.08 Å². The Labute approximate surface area is 94.2 Å². The molecule has 2 nitrogen and oxygen atoms in total. The zero-order valence-electron chi connectivity index (χ0n) is 8.53. The number of alkyl halides is 1. The average molecular weight is 222 g/mol. The van der Waals surface area contributed by atoms with Gasteiger partial charge in [-0.3, -0.25) is 4.99 Å². The lowest BCUT2D eigenvalue weighted by molar-refractivity contribution is 0.415. The Hall–Kier alpha value is -1.28. The Balaban J connectivity index is 2.18. The molecule has 0 atom stereocenters. The maximum atomic E-state index is 5.71. The quantitative estimate of drug-likeness (QED) is 0.719. The summed E-state index contributed by atoms with van der Waals surface area (Å²) >= 11 is 5.71. The summed E-state index contributed by atoms with van der Waals surface area (Å²) in [5.74, 6) is 1.35. The van der Waals surface area contributed by atoms with Crippen LogP contribution in [0, 0.1) is 0 Å². The van der Waals surface area contributed by atoms with Gasteiger partial charge in [0.05, 0.1) is 24.4 Å². The van der Waals surface area contributed by atoms with Gasteiger partial charge in [0, 0.05) is 6.42 Å². The highest BCUT2D eigenvalue weighted by Gasteiger charge is 2.09. The fraction of sp³-hybridized carbons (Fsp3) is 0.250. The van der Waals surface area contributed by atoms with Crippen LogP contribution in [-0.2, 0) is 0 Å². The largest absolute Gasteiger partial charge is 0.497 e. The molecular weight excluding hydrogens is 210 g/mol. The lowest BCUT2D eigenvalue weighted by Gasteiger charge is -2.02. The molecule has 0 fully saturated rings. The molecule has 1 aromatic rings. The maximum Gasteiger partial charge on any atom is 0.118 e. The molecule has 0 saturated carbocycles. The molecule has 78 valence electrons. The van der Waals surface area contributed by atoms with Gasteiger partial charge in [0.15, 0.2) is 0 Å². The number of methoxy groups -OCH3 is 1. The van der Waals surface area contributed by atoms with Crippen molar-refractivity contribution in [3.8, 4) is 5.75 Å². The summed E-state index contributed by atoms with van der Waals surface area (Å²) in [6, 6.07) is 7.92. The van der Waals surface area contributed by atoms with E-state index in [1.165, 1.54) is 0 Å². The minimum Gasteiger partial charge on any atom is -0.497 e. The van der Waals surface area contributed by atoms with Crippen LogP contribution in [-0.4, -0.2) is 18.7 Å². The van der Waals surface area contributed by atoms with Gasteiger partial charge in [-0.2, -0.15) is 0 Å². The van der Waals surface area contributed by atoms with E-state index in [1.807, 2.05) is 24.3 Å². The fourth-order valence-corrected chi connectivity index (χ4v) is 1.70. The van der Waals surface area contributed by atoms with Crippen LogP contribution in [0.2, 0.25) is 0 Å². The van der Waals surface area contributed by atoms with Gasteiger partial charge in [-0.25, -0.2) is 0 Å². The van der Waals surface area contributed by atoms with Crippen molar-refractivity contribution in [2.24, 2.45) is 4.99 Å². The van der Waals surface area contributed by atoms with Gasteiger partial charge < -0.3 is 4.74 Å². The lowest BCUT2D eigenvalue weighted by atomic mass is 10.1. The molecule has 3 heteroatoms. The Morgan fingerprint density at radius 2 is 2.07 bits per heavy atom. The fourth-order valence-electron chi connectivity index (χ4n) is 1.53. The number of nitrogens with zero attached hydrogens (tertiary/aromatic N) is 1. The van der Waals surface area contributed by atoms with Crippen LogP contribution in [0.1, 0.15) is 12.0 Å². The summed E-state index contributed by atoms with van der Waals surface area (Å²) in [4.78, 5) is 4.44. The van der Waals surface area contributed by atoms with Crippen molar-refractivity contribution in [2.45, 2.75) is 6.42 Å². The Kier molecular flexibility index (Phi) is 3.07. The minimum atomic E-state index is 0.486. The molecule has 1 heterocycles. The van der Waals surface area contributed by atoms with E-state index < -0.39 is 0 Å². The van der Waals surface area contributed by atoms with E-state index in [1.54, 1.807) is 7.11 Å². The smallest absolute Gasteiger partial charge is 0.118 e. The number of benzene rings is 1. The Morgan fingerprint density at radius 3 is 2.60 bits per heavy atom. The van der Waals surface area contributed by atoms with Crippen LogP contribution in [0.3, 0.4) is 0 Å². The highest BCUT2D eigenvalue weighted by atomic mass is 35.5. The number of allylic oxidation sites excluding steroid dienone is 2. The predicted octanol–water partition coefficient (Wildman–Crippen LogP) is 3.01. The minimum absolute atomic E-state index is 0.486. The number of aliphatic imine (C=N–C) groups is 1. The van der Waals surface area contributed by atoms with Gasteiger partial charge in [0.25, 0.3) is 0 Å². The molecule has 0 aliphatic carbocycles. The summed E-state index contributed by atoms with van der Waals surface area (Å²) in [6.07, 6.45) is 2.93. The third-order valence-electron chi connectivity index (χ3n) is 2.37. The first-order valence-electron chi connectivity index (χ1n) is 4.80. The van der Waals surface area contributed by atoms with Gasteiger partial charge in [0.1, 0.15) is 5.75 Å². The van der Waals surface area contributed by atoms with Crippen molar-refractivity contribution >= 4 is 17.3 Å². The highest BCUT2D eigenvalue weighted by Crippen LogP contribution is 2.19. The molecule has 0 amide bonds. The molecule has 1 aliphatic rings. The molecular formula is C12H12ClNO. The van der Waals surface area contributed by atoms with Crippen molar-refractivity contribution in [3.63, 3.8) is 0 Å². The van der Waals surface area contributed by atoms with E-state index >= 15 is 0 Å². The maximum absolute atomic E-state index is 5.71. The van der Waals surface area contributed by atoms with Gasteiger partial charge in [0.2, 0.25) is 0 Å². The van der Waals surface area contributed by atoms with E-state index in [-0.39, 0.29) is 0 Å². The number of hydrogen-bond acceptors (Lipinski definition) is 2. The molecule has 1 aromatic carbocycles. The molecule has 15 heavy (non-hydrogen) atoms. The van der Waals surface area contributed by atoms with Crippen LogP contribution in [0.15, 0.2) is 41.0 Å². The SMILES string of the molecule is COc1ccc(C2=NC(CCl)=CC2)cc1. The van der Waals surface area contributed by atoms with Crippen molar-refractivity contribution in [3.05, 3.63) is 41.6 Å². The lowest BCUT2D eigenvalue weighted by Crippen LogP contribution is -1.96. The summed E-state index contributed by atoms with van der Waals surface area (Å²) in [6.45, 7) is 0. The number of rotatable bonds is 3. The zero-order chi connectivity index (χ0) is 10.7. The number of ether oxygens (including phenoxy) is 1. The molecule has 0 unspecified atom stereocenters. The number of halogens is 1. The molecule has 0 aromatic heterocycles. The first kappa shape index (κ1) is 10.2. The first-order chi connectivity index (χ1) is 7.33. The van der Waals surface area contributed by atoms with Crippen LogP contribution in [0.25, 0.3) is 0 Å². The van der Waals surface area contributed by atoms with Crippen LogP contribution in [0.5, 0.6) is 5.75 Å². The second-order valence-electron chi connectivity index (χ2n) is 3.32. The van der Waals surface area contributed by atoms with Gasteiger partial charge in [-0.15, -0.1) is 11.6 Å². The topological polar surface area (TPSA) is 21.6 Å². The summed E-state index contributed by atoms with van der Waals surface area (Å²) in [5.41, 5.74) is 3.17. The second-order valence-corrected chi connectivity index (χ2v) is 3.59. The molecule has 0 N–H and O–H groups in total. The molecule has 0 spiro atoms. The van der Waals surface area contributed by atoms with E-state index in [0.29, 0.717) is 5.88 Å². The molecule has 0 bridgehead atoms. The molecule has 0 saturated heterocycles. The third kappa shape index (κ3) is 2.21. The normalized spacial score (nSPS) is 14.8. The van der Waals surface area contributed by atoms with Crippen molar-refractivity contribution < 1.29 is 4.74 Å². The van der Waals surface area contributed by atoms with Crippen LogP contribution < -0.4 is 4.74 Å². The molecule has 2 rings (SSSR count). The average Bonchev–Trinajstić information content (AvgIpc) is 2.78. The summed E-state index contributed by atoms with van der Waals surface area (Å²) < 4.78 is 5.10. The second kappa shape index (κ2) is 4.49. The van der Waals surface area contributed by atoms with Crippen LogP contribution in [0.4, 0.5) is 0 Å². The zero-order valence-corrected chi connectivity index (χ0v) is 9.29. The van der Waals surface area contributed by atoms with Gasteiger partial charge in [-0.05, 0) is 29.8 Å². The monoisotopic (exact) mass is 221 g/mol. The van der Waals surface area contributed by atoms with E-state index in [4.69, 9.17) is 16.3 Å². The van der Waals surface area contributed by atoms with Crippen molar-refractivity contribution in [1.82, 2.24) is 0 Å². The Bertz CT molecular complexity index is 406. The highest BCUT2D eigenvalue weighted by molar-refractivity contribution is 6.20.